The minimum atomic E-state index is -0.383. The van der Waals surface area contributed by atoms with Crippen molar-refractivity contribution in [2.45, 2.75) is 45.1 Å². The van der Waals surface area contributed by atoms with Gasteiger partial charge < -0.3 is 15.4 Å². The molecule has 7 heteroatoms. The highest BCUT2D eigenvalue weighted by Crippen LogP contribution is 2.22. The van der Waals surface area contributed by atoms with Gasteiger partial charge in [0.25, 0.3) is 0 Å². The van der Waals surface area contributed by atoms with Crippen molar-refractivity contribution >= 4 is 42.3 Å². The molecule has 2 rings (SSSR count). The highest BCUT2D eigenvalue weighted by Gasteiger charge is 2.17. The SMILES string of the molecule is COC(=O)/C=C/C1=IC=C(N[C@H](C)C(=O)NCC2CCCCC2)N=C1. The summed E-state index contributed by atoms with van der Waals surface area (Å²) in [6, 6.07) is -0.317. The van der Waals surface area contributed by atoms with Crippen LogP contribution >= 0.6 is 20.7 Å². The van der Waals surface area contributed by atoms with Gasteiger partial charge in [0.1, 0.15) is 11.9 Å². The molecule has 1 fully saturated rings. The molecule has 1 aliphatic carbocycles. The van der Waals surface area contributed by atoms with Crippen molar-refractivity contribution in [3.8, 4) is 0 Å². The predicted molar refractivity (Wildman–Crippen MR) is 109 cm³/mol. The Bertz CT molecular complexity index is 605. The quantitative estimate of drug-likeness (QED) is 0.348. The van der Waals surface area contributed by atoms with E-state index in [0.717, 1.165) is 15.9 Å². The lowest BCUT2D eigenvalue weighted by molar-refractivity contribution is -0.134. The van der Waals surface area contributed by atoms with Crippen molar-refractivity contribution < 1.29 is 14.3 Å². The molecule has 1 heterocycles. The van der Waals surface area contributed by atoms with Crippen LogP contribution in [0, 0.1) is 5.92 Å². The number of carbonyl (C=O) groups is 2. The number of carbonyl (C=O) groups excluding carboxylic acids is 2. The third kappa shape index (κ3) is 7.09. The monoisotopic (exact) mass is 459 g/mol. The fourth-order valence-corrected chi connectivity index (χ4v) is 4.43. The molecule has 1 amide bonds. The maximum Gasteiger partial charge on any atom is 0.330 e. The number of methoxy groups -OCH3 is 1. The highest BCUT2D eigenvalue weighted by atomic mass is 127. The van der Waals surface area contributed by atoms with E-state index in [1.54, 1.807) is 12.3 Å². The third-order valence-corrected chi connectivity index (χ3v) is 6.50. The zero-order valence-electron chi connectivity index (χ0n) is 14.8. The molecule has 6 nitrogen and oxygen atoms in total. The highest BCUT2D eigenvalue weighted by molar-refractivity contribution is 14.2. The van der Waals surface area contributed by atoms with Crippen molar-refractivity contribution in [1.82, 2.24) is 10.6 Å². The van der Waals surface area contributed by atoms with E-state index in [4.69, 9.17) is 0 Å². The van der Waals surface area contributed by atoms with Gasteiger partial charge in [-0.05, 0) is 31.8 Å². The van der Waals surface area contributed by atoms with Crippen LogP contribution in [-0.2, 0) is 14.3 Å². The second-order valence-electron chi connectivity index (χ2n) is 6.22. The first-order valence-electron chi connectivity index (χ1n) is 8.63. The summed E-state index contributed by atoms with van der Waals surface area (Å²) in [6.45, 7) is 2.62. The molecule has 0 aromatic heterocycles. The van der Waals surface area contributed by atoms with Crippen LogP contribution in [0.1, 0.15) is 39.0 Å². The fourth-order valence-electron chi connectivity index (χ4n) is 2.74. The number of nitrogens with one attached hydrogen (secondary N) is 2. The van der Waals surface area contributed by atoms with E-state index in [9.17, 15) is 9.59 Å². The van der Waals surface area contributed by atoms with Crippen LogP contribution in [0.4, 0.5) is 0 Å². The summed E-state index contributed by atoms with van der Waals surface area (Å²) in [4.78, 5) is 27.6. The van der Waals surface area contributed by atoms with Crippen LogP contribution in [0.15, 0.2) is 27.0 Å². The lowest BCUT2D eigenvalue weighted by Crippen LogP contribution is -2.43. The number of hydrogen-bond donors (Lipinski definition) is 2. The summed E-state index contributed by atoms with van der Waals surface area (Å²) < 4.78 is 7.60. The van der Waals surface area contributed by atoms with Crippen LogP contribution in [0.5, 0.6) is 0 Å². The number of rotatable bonds is 7. The standard InChI is InChI=1S/C18H26IN3O3/c1-13(18(24)21-11-14-6-4-3-5-7-14)22-16-10-19-15(12-20-16)8-9-17(23)25-2/h8-10,12-14H,3-7,11H2,1-2H3,(H,20,22)(H,21,24)/b9-8+/t13-/m1/s1. The zero-order valence-corrected chi connectivity index (χ0v) is 16.9. The Labute approximate surface area is 158 Å². The Kier molecular flexibility index (Phi) is 8.30. The second kappa shape index (κ2) is 10.5. The van der Waals surface area contributed by atoms with Gasteiger partial charge in [0.2, 0.25) is 5.91 Å². The summed E-state index contributed by atoms with van der Waals surface area (Å²) >= 11 is -0.383. The normalized spacial score (nSPS) is 19.4. The molecule has 1 saturated carbocycles. The molecule has 25 heavy (non-hydrogen) atoms. The molecule has 0 unspecified atom stereocenters. The van der Waals surface area contributed by atoms with Gasteiger partial charge in [0, 0.05) is 26.4 Å². The molecule has 2 aliphatic rings. The molecular formula is C18H26IN3O3. The van der Waals surface area contributed by atoms with Crippen molar-refractivity contribution in [2.75, 3.05) is 13.7 Å². The molecule has 0 saturated heterocycles. The predicted octanol–water partition coefficient (Wildman–Crippen LogP) is 2.42. The van der Waals surface area contributed by atoms with Crippen molar-refractivity contribution in [2.24, 2.45) is 10.9 Å². The van der Waals surface area contributed by atoms with Gasteiger partial charge >= 0.3 is 5.97 Å². The zero-order chi connectivity index (χ0) is 18.1. The molecule has 1 atom stereocenters. The molecule has 0 aromatic rings. The van der Waals surface area contributed by atoms with Crippen LogP contribution in [0.3, 0.4) is 0 Å². The lowest BCUT2D eigenvalue weighted by Gasteiger charge is -2.23. The van der Waals surface area contributed by atoms with E-state index in [2.05, 4.69) is 20.4 Å². The van der Waals surface area contributed by atoms with Gasteiger partial charge in [-0.15, -0.1) is 0 Å². The largest absolute Gasteiger partial charge is 0.466 e. The topological polar surface area (TPSA) is 79.8 Å². The summed E-state index contributed by atoms with van der Waals surface area (Å²) in [5.41, 5.74) is 0. The molecule has 0 bridgehead atoms. The Balaban J connectivity index is 1.77. The average molecular weight is 459 g/mol. The van der Waals surface area contributed by atoms with E-state index in [0.29, 0.717) is 5.92 Å². The molecule has 0 radical (unpaired) electrons. The van der Waals surface area contributed by atoms with Gasteiger partial charge in [-0.1, -0.05) is 40.0 Å². The minimum Gasteiger partial charge on any atom is -0.466 e. The summed E-state index contributed by atoms with van der Waals surface area (Å²) in [5.74, 6) is 0.992. The van der Waals surface area contributed by atoms with Gasteiger partial charge in [-0.3, -0.25) is 4.79 Å². The number of hydrogen-bond acceptors (Lipinski definition) is 5. The Morgan fingerprint density at radius 2 is 2.16 bits per heavy atom. The third-order valence-electron chi connectivity index (χ3n) is 4.24. The lowest BCUT2D eigenvalue weighted by atomic mass is 9.89. The van der Waals surface area contributed by atoms with Gasteiger partial charge in [0.15, 0.2) is 0 Å². The molecule has 1 aliphatic heterocycles. The molecule has 0 aromatic carbocycles. The summed E-state index contributed by atoms with van der Waals surface area (Å²) in [5, 5.41) is 6.20. The number of amides is 1. The van der Waals surface area contributed by atoms with Crippen LogP contribution in [0.25, 0.3) is 0 Å². The first kappa shape index (κ1) is 19.8. The first-order valence-corrected chi connectivity index (χ1v) is 11.0. The number of allylic oxidation sites excluding steroid dienone is 1. The smallest absolute Gasteiger partial charge is 0.330 e. The first-order chi connectivity index (χ1) is 12.1. The number of halogens is 1. The van der Waals surface area contributed by atoms with Crippen molar-refractivity contribution in [1.29, 1.82) is 0 Å². The maximum atomic E-state index is 12.2. The van der Waals surface area contributed by atoms with E-state index in [1.807, 2.05) is 11.0 Å². The van der Waals surface area contributed by atoms with Gasteiger partial charge in [-0.25, -0.2) is 9.79 Å². The number of esters is 1. The van der Waals surface area contributed by atoms with Crippen LogP contribution in [0.2, 0.25) is 0 Å². The fraction of sp³-hybridized carbons (Fsp3) is 0.556. The Morgan fingerprint density at radius 1 is 1.40 bits per heavy atom. The van der Waals surface area contributed by atoms with Crippen molar-refractivity contribution in [3.63, 3.8) is 0 Å². The minimum absolute atomic E-state index is 0.0141. The number of aliphatic imine (C=N–C) groups is 1. The van der Waals surface area contributed by atoms with E-state index in [-0.39, 0.29) is 38.6 Å². The van der Waals surface area contributed by atoms with Crippen LogP contribution in [-0.4, -0.2) is 41.3 Å². The summed E-state index contributed by atoms with van der Waals surface area (Å²) in [7, 11) is 1.35. The molecule has 0 spiro atoms. The van der Waals surface area contributed by atoms with Crippen LogP contribution < -0.4 is 10.6 Å². The van der Waals surface area contributed by atoms with Gasteiger partial charge in [-0.2, -0.15) is 0 Å². The van der Waals surface area contributed by atoms with Gasteiger partial charge in [0.05, 0.1) is 7.11 Å². The molecular weight excluding hydrogens is 433 g/mol. The maximum absolute atomic E-state index is 12.2. The van der Waals surface area contributed by atoms with E-state index < -0.39 is 0 Å². The number of nitrogens with zero attached hydrogens (tertiary/aromatic N) is 1. The number of ether oxygens (including phenoxy) is 1. The van der Waals surface area contributed by atoms with Crippen molar-refractivity contribution in [3.05, 3.63) is 22.1 Å². The second-order valence-corrected chi connectivity index (χ2v) is 8.71. The molecule has 2 N–H and O–H groups in total. The van der Waals surface area contributed by atoms with E-state index >= 15 is 0 Å². The molecule has 138 valence electrons. The Morgan fingerprint density at radius 3 is 2.80 bits per heavy atom. The summed E-state index contributed by atoms with van der Waals surface area (Å²) in [6.07, 6.45) is 11.2. The van der Waals surface area contributed by atoms with E-state index in [1.165, 1.54) is 45.3 Å². The average Bonchev–Trinajstić information content (AvgIpc) is 2.66. The Hall–Kier alpha value is -1.51.